The van der Waals surface area contributed by atoms with E-state index in [0.29, 0.717) is 19.1 Å². The largest absolute Gasteiger partial charge is 0.493 e. The van der Waals surface area contributed by atoms with Crippen molar-refractivity contribution < 1.29 is 18.7 Å². The molecule has 0 aliphatic carbocycles. The van der Waals surface area contributed by atoms with E-state index >= 15 is 0 Å². The van der Waals surface area contributed by atoms with Gasteiger partial charge >= 0.3 is 6.03 Å². The second-order valence-electron chi connectivity index (χ2n) is 6.67. The van der Waals surface area contributed by atoms with E-state index in [2.05, 4.69) is 5.32 Å². The highest BCUT2D eigenvalue weighted by atomic mass is 19.1. The molecule has 1 fully saturated rings. The quantitative estimate of drug-likeness (QED) is 0.804. The molecule has 1 aliphatic rings. The number of hydrogen-bond acceptors (Lipinski definition) is 3. The van der Waals surface area contributed by atoms with Gasteiger partial charge in [0.25, 0.3) is 0 Å². The first kappa shape index (κ1) is 19.0. The van der Waals surface area contributed by atoms with Crippen molar-refractivity contribution in [3.8, 4) is 11.5 Å². The number of carbonyl (C=O) groups excluding carboxylic acids is 1. The molecule has 0 saturated carbocycles. The van der Waals surface area contributed by atoms with Crippen LogP contribution in [0.3, 0.4) is 0 Å². The van der Waals surface area contributed by atoms with Crippen LogP contribution in [-0.2, 0) is 6.54 Å². The second-order valence-corrected chi connectivity index (χ2v) is 6.67. The maximum Gasteiger partial charge on any atom is 0.317 e. The number of likely N-dealkylation sites (tertiary alicyclic amines) is 1. The maximum absolute atomic E-state index is 12.9. The number of rotatable bonds is 7. The molecule has 1 unspecified atom stereocenters. The van der Waals surface area contributed by atoms with Crippen LogP contribution in [0.2, 0.25) is 0 Å². The lowest BCUT2D eigenvalue weighted by Crippen LogP contribution is -2.38. The number of amides is 2. The molecule has 3 rings (SSSR count). The van der Waals surface area contributed by atoms with Gasteiger partial charge in [0.05, 0.1) is 13.7 Å². The third kappa shape index (κ3) is 5.36. The third-order valence-electron chi connectivity index (χ3n) is 4.78. The second kappa shape index (κ2) is 9.26. The molecule has 0 bridgehead atoms. The van der Waals surface area contributed by atoms with Crippen molar-refractivity contribution in [2.24, 2.45) is 5.92 Å². The van der Waals surface area contributed by atoms with Crippen LogP contribution in [0.4, 0.5) is 9.18 Å². The molecule has 2 amide bonds. The molecular formula is C21H25FN2O3. The number of methoxy groups -OCH3 is 1. The Labute approximate surface area is 159 Å². The number of para-hydroxylation sites is 2. The molecule has 1 N–H and O–H groups in total. The summed E-state index contributed by atoms with van der Waals surface area (Å²) in [6.45, 7) is 2.46. The Morgan fingerprint density at radius 2 is 1.93 bits per heavy atom. The number of halogens is 1. The molecular weight excluding hydrogens is 347 g/mol. The molecule has 1 aliphatic heterocycles. The average molecular weight is 372 g/mol. The zero-order valence-electron chi connectivity index (χ0n) is 15.5. The van der Waals surface area contributed by atoms with Gasteiger partial charge in [-0.2, -0.15) is 0 Å². The molecule has 144 valence electrons. The standard InChI is InChI=1S/C21H25FN2O3/c1-26-19-4-2-3-5-20(19)27-13-11-17-10-12-24(15-17)21(25)23-14-16-6-8-18(22)9-7-16/h2-9,17H,10-15H2,1H3,(H,23,25). The minimum absolute atomic E-state index is 0.0764. The molecule has 27 heavy (non-hydrogen) atoms. The Balaban J connectivity index is 1.39. The predicted octanol–water partition coefficient (Wildman–Crippen LogP) is 3.83. The summed E-state index contributed by atoms with van der Waals surface area (Å²) < 4.78 is 24.0. The van der Waals surface area contributed by atoms with Gasteiger partial charge in [-0.25, -0.2) is 9.18 Å². The van der Waals surface area contributed by atoms with E-state index in [-0.39, 0.29) is 11.8 Å². The molecule has 0 radical (unpaired) electrons. The van der Waals surface area contributed by atoms with Crippen molar-refractivity contribution in [2.75, 3.05) is 26.8 Å². The van der Waals surface area contributed by atoms with Crippen LogP contribution < -0.4 is 14.8 Å². The number of urea groups is 1. The summed E-state index contributed by atoms with van der Waals surface area (Å²) in [6, 6.07) is 13.7. The van der Waals surface area contributed by atoms with E-state index in [4.69, 9.17) is 9.47 Å². The summed E-state index contributed by atoms with van der Waals surface area (Å²) in [5.74, 6) is 1.62. The zero-order chi connectivity index (χ0) is 19.1. The molecule has 2 aromatic carbocycles. The summed E-state index contributed by atoms with van der Waals surface area (Å²) in [7, 11) is 1.63. The Bertz CT molecular complexity index is 751. The maximum atomic E-state index is 12.9. The van der Waals surface area contributed by atoms with Crippen LogP contribution in [0.25, 0.3) is 0 Å². The van der Waals surface area contributed by atoms with Gasteiger partial charge in [0.2, 0.25) is 0 Å². The number of ether oxygens (including phenoxy) is 2. The minimum atomic E-state index is -0.275. The van der Waals surface area contributed by atoms with Gasteiger partial charge in [0.15, 0.2) is 11.5 Å². The van der Waals surface area contributed by atoms with Crippen LogP contribution in [0.15, 0.2) is 48.5 Å². The van der Waals surface area contributed by atoms with Gasteiger partial charge in [0.1, 0.15) is 5.82 Å². The monoisotopic (exact) mass is 372 g/mol. The van der Waals surface area contributed by atoms with Crippen molar-refractivity contribution in [3.63, 3.8) is 0 Å². The first-order valence-corrected chi connectivity index (χ1v) is 9.18. The average Bonchev–Trinajstić information content (AvgIpc) is 3.17. The first-order valence-electron chi connectivity index (χ1n) is 9.18. The highest BCUT2D eigenvalue weighted by molar-refractivity contribution is 5.74. The fourth-order valence-corrected chi connectivity index (χ4v) is 3.22. The third-order valence-corrected chi connectivity index (χ3v) is 4.78. The van der Waals surface area contributed by atoms with Gasteiger partial charge in [0, 0.05) is 19.6 Å². The van der Waals surface area contributed by atoms with Crippen LogP contribution in [0.5, 0.6) is 11.5 Å². The van der Waals surface area contributed by atoms with Crippen molar-refractivity contribution in [2.45, 2.75) is 19.4 Å². The molecule has 1 saturated heterocycles. The lowest BCUT2D eigenvalue weighted by atomic mass is 10.1. The van der Waals surface area contributed by atoms with E-state index in [1.807, 2.05) is 29.2 Å². The van der Waals surface area contributed by atoms with Gasteiger partial charge in [-0.1, -0.05) is 24.3 Å². The minimum Gasteiger partial charge on any atom is -0.493 e. The molecule has 2 aromatic rings. The Hall–Kier alpha value is -2.76. The van der Waals surface area contributed by atoms with Crippen molar-refractivity contribution in [1.29, 1.82) is 0 Å². The lowest BCUT2D eigenvalue weighted by Gasteiger charge is -2.18. The fourth-order valence-electron chi connectivity index (χ4n) is 3.22. The summed E-state index contributed by atoms with van der Waals surface area (Å²) in [5, 5.41) is 2.89. The van der Waals surface area contributed by atoms with E-state index in [9.17, 15) is 9.18 Å². The first-order chi connectivity index (χ1) is 13.2. The number of nitrogens with one attached hydrogen (secondary N) is 1. The fraction of sp³-hybridized carbons (Fsp3) is 0.381. The number of benzene rings is 2. The highest BCUT2D eigenvalue weighted by Gasteiger charge is 2.26. The van der Waals surface area contributed by atoms with Gasteiger partial charge < -0.3 is 19.7 Å². The predicted molar refractivity (Wildman–Crippen MR) is 101 cm³/mol. The van der Waals surface area contributed by atoms with Crippen molar-refractivity contribution in [3.05, 3.63) is 59.9 Å². The van der Waals surface area contributed by atoms with Crippen LogP contribution in [-0.4, -0.2) is 37.7 Å². The van der Waals surface area contributed by atoms with Crippen LogP contribution in [0, 0.1) is 11.7 Å². The van der Waals surface area contributed by atoms with E-state index in [1.54, 1.807) is 19.2 Å². The summed E-state index contributed by atoms with van der Waals surface area (Å²) in [5.41, 5.74) is 0.880. The topological polar surface area (TPSA) is 50.8 Å². The number of hydrogen-bond donors (Lipinski definition) is 1. The van der Waals surface area contributed by atoms with Crippen molar-refractivity contribution >= 4 is 6.03 Å². The summed E-state index contributed by atoms with van der Waals surface area (Å²) >= 11 is 0. The molecule has 1 atom stereocenters. The molecule has 0 aromatic heterocycles. The molecule has 5 nitrogen and oxygen atoms in total. The molecule has 0 spiro atoms. The summed E-state index contributed by atoms with van der Waals surface area (Å²) in [6.07, 6.45) is 1.86. The van der Waals surface area contributed by atoms with Crippen molar-refractivity contribution in [1.82, 2.24) is 10.2 Å². The Kier molecular flexibility index (Phi) is 6.52. The van der Waals surface area contributed by atoms with Gasteiger partial charge in [-0.3, -0.25) is 0 Å². The SMILES string of the molecule is COc1ccccc1OCCC1CCN(C(=O)NCc2ccc(F)cc2)C1. The van der Waals surface area contributed by atoms with Gasteiger partial charge in [-0.15, -0.1) is 0 Å². The number of nitrogens with zero attached hydrogens (tertiary/aromatic N) is 1. The molecule has 1 heterocycles. The normalized spacial score (nSPS) is 16.2. The van der Waals surface area contributed by atoms with Crippen LogP contribution in [0.1, 0.15) is 18.4 Å². The lowest BCUT2D eigenvalue weighted by molar-refractivity contribution is 0.204. The zero-order valence-corrected chi connectivity index (χ0v) is 15.5. The van der Waals surface area contributed by atoms with Gasteiger partial charge in [-0.05, 0) is 48.6 Å². The molecule has 6 heteroatoms. The Morgan fingerprint density at radius 1 is 1.19 bits per heavy atom. The van der Waals surface area contributed by atoms with E-state index in [1.165, 1.54) is 12.1 Å². The summed E-state index contributed by atoms with van der Waals surface area (Å²) in [4.78, 5) is 14.1. The van der Waals surface area contributed by atoms with E-state index in [0.717, 1.165) is 43.0 Å². The smallest absolute Gasteiger partial charge is 0.317 e. The Morgan fingerprint density at radius 3 is 2.67 bits per heavy atom. The number of carbonyl (C=O) groups is 1. The highest BCUT2D eigenvalue weighted by Crippen LogP contribution is 2.27. The van der Waals surface area contributed by atoms with E-state index < -0.39 is 0 Å². The van der Waals surface area contributed by atoms with Crippen LogP contribution >= 0.6 is 0 Å².